The molecule has 112 valence electrons. The first-order chi connectivity index (χ1) is 9.76. The molecule has 2 rings (SSSR count). The quantitative estimate of drug-likeness (QED) is 0.648. The lowest BCUT2D eigenvalue weighted by atomic mass is 10.0. The summed E-state index contributed by atoms with van der Waals surface area (Å²) in [6, 6.07) is 1.95. The molecule has 5 nitrogen and oxygen atoms in total. The Labute approximate surface area is 121 Å². The summed E-state index contributed by atoms with van der Waals surface area (Å²) in [6.07, 6.45) is 5.53. The van der Waals surface area contributed by atoms with E-state index in [4.69, 9.17) is 5.11 Å². The number of hydrogen-bond donors (Lipinski definition) is 3. The maximum absolute atomic E-state index is 9.10. The van der Waals surface area contributed by atoms with Gasteiger partial charge in [-0.25, -0.2) is 9.97 Å². The SMILES string of the molecule is CCCC(CCO)CNc1cc(NC)nc(C2CC2)n1. The lowest BCUT2D eigenvalue weighted by Crippen LogP contribution is -2.17. The Morgan fingerprint density at radius 3 is 2.65 bits per heavy atom. The third kappa shape index (κ3) is 4.34. The zero-order valence-corrected chi connectivity index (χ0v) is 12.5. The molecule has 0 aliphatic heterocycles. The maximum atomic E-state index is 9.10. The van der Waals surface area contributed by atoms with Gasteiger partial charge in [-0.2, -0.15) is 0 Å². The summed E-state index contributed by atoms with van der Waals surface area (Å²) < 4.78 is 0. The van der Waals surface area contributed by atoms with E-state index in [-0.39, 0.29) is 6.61 Å². The summed E-state index contributed by atoms with van der Waals surface area (Å²) >= 11 is 0. The molecule has 5 heteroatoms. The smallest absolute Gasteiger partial charge is 0.136 e. The average molecular weight is 278 g/mol. The Bertz CT molecular complexity index is 414. The van der Waals surface area contributed by atoms with Crippen molar-refractivity contribution in [1.29, 1.82) is 0 Å². The van der Waals surface area contributed by atoms with Gasteiger partial charge >= 0.3 is 0 Å². The normalized spacial score (nSPS) is 15.9. The Morgan fingerprint density at radius 2 is 2.05 bits per heavy atom. The van der Waals surface area contributed by atoms with Gasteiger partial charge in [-0.15, -0.1) is 0 Å². The lowest BCUT2D eigenvalue weighted by molar-refractivity contribution is 0.255. The summed E-state index contributed by atoms with van der Waals surface area (Å²) in [6.45, 7) is 3.29. The van der Waals surface area contributed by atoms with Gasteiger partial charge in [0.15, 0.2) is 0 Å². The number of rotatable bonds is 9. The molecular formula is C15H26N4O. The van der Waals surface area contributed by atoms with Crippen LogP contribution in [0.4, 0.5) is 11.6 Å². The highest BCUT2D eigenvalue weighted by molar-refractivity contribution is 5.47. The van der Waals surface area contributed by atoms with Crippen LogP contribution in [0.1, 0.15) is 50.8 Å². The van der Waals surface area contributed by atoms with Crippen molar-refractivity contribution < 1.29 is 5.11 Å². The van der Waals surface area contributed by atoms with E-state index in [1.807, 2.05) is 13.1 Å². The number of anilines is 2. The molecule has 0 spiro atoms. The van der Waals surface area contributed by atoms with Crippen LogP contribution in [0.3, 0.4) is 0 Å². The van der Waals surface area contributed by atoms with E-state index in [1.54, 1.807) is 0 Å². The fourth-order valence-electron chi connectivity index (χ4n) is 2.40. The van der Waals surface area contributed by atoms with Crippen LogP contribution >= 0.6 is 0 Å². The van der Waals surface area contributed by atoms with Crippen LogP contribution in [0.25, 0.3) is 0 Å². The van der Waals surface area contributed by atoms with Crippen molar-refractivity contribution in [3.05, 3.63) is 11.9 Å². The van der Waals surface area contributed by atoms with E-state index in [0.717, 1.165) is 43.3 Å². The fraction of sp³-hybridized carbons (Fsp3) is 0.733. The molecule has 20 heavy (non-hydrogen) atoms. The van der Waals surface area contributed by atoms with Crippen molar-refractivity contribution in [3.63, 3.8) is 0 Å². The number of nitrogens with zero attached hydrogens (tertiary/aromatic N) is 2. The van der Waals surface area contributed by atoms with E-state index in [2.05, 4.69) is 27.5 Å². The van der Waals surface area contributed by atoms with E-state index in [0.29, 0.717) is 11.8 Å². The molecule has 1 aliphatic carbocycles. The summed E-state index contributed by atoms with van der Waals surface area (Å²) in [5, 5.41) is 15.6. The summed E-state index contributed by atoms with van der Waals surface area (Å²) in [5.74, 6) is 3.77. The van der Waals surface area contributed by atoms with Crippen LogP contribution in [-0.2, 0) is 0 Å². The highest BCUT2D eigenvalue weighted by Gasteiger charge is 2.27. The highest BCUT2D eigenvalue weighted by atomic mass is 16.3. The van der Waals surface area contributed by atoms with E-state index in [9.17, 15) is 0 Å². The molecule has 1 heterocycles. The van der Waals surface area contributed by atoms with Gasteiger partial charge in [0.2, 0.25) is 0 Å². The molecule has 0 aromatic carbocycles. The van der Waals surface area contributed by atoms with Crippen LogP contribution in [0.5, 0.6) is 0 Å². The van der Waals surface area contributed by atoms with E-state index >= 15 is 0 Å². The predicted octanol–water partition coefficient (Wildman–Crippen LogP) is 2.61. The molecular weight excluding hydrogens is 252 g/mol. The average Bonchev–Trinajstić information content (AvgIpc) is 3.29. The number of aliphatic hydroxyl groups excluding tert-OH is 1. The van der Waals surface area contributed by atoms with Crippen molar-refractivity contribution in [2.45, 2.75) is 44.9 Å². The standard InChI is InChI=1S/C15H26N4O/c1-3-4-11(7-8-20)10-17-14-9-13(16-2)18-15(19-14)12-5-6-12/h9,11-12,20H,3-8,10H2,1-2H3,(H2,16,17,18,19). The van der Waals surface area contributed by atoms with Crippen LogP contribution < -0.4 is 10.6 Å². The number of hydrogen-bond acceptors (Lipinski definition) is 5. The zero-order chi connectivity index (χ0) is 14.4. The Balaban J connectivity index is 1.98. The number of aromatic nitrogens is 2. The molecule has 1 fully saturated rings. The molecule has 0 saturated heterocycles. The molecule has 1 aromatic rings. The summed E-state index contributed by atoms with van der Waals surface area (Å²) in [5.41, 5.74) is 0. The van der Waals surface area contributed by atoms with Crippen molar-refractivity contribution >= 4 is 11.6 Å². The number of aliphatic hydroxyl groups is 1. The van der Waals surface area contributed by atoms with Crippen molar-refractivity contribution in [1.82, 2.24) is 9.97 Å². The maximum Gasteiger partial charge on any atom is 0.136 e. The second-order valence-corrected chi connectivity index (χ2v) is 5.57. The van der Waals surface area contributed by atoms with Crippen molar-refractivity contribution in [2.24, 2.45) is 5.92 Å². The third-order valence-corrected chi connectivity index (χ3v) is 3.75. The fourth-order valence-corrected chi connectivity index (χ4v) is 2.40. The minimum Gasteiger partial charge on any atom is -0.396 e. The molecule has 3 N–H and O–H groups in total. The van der Waals surface area contributed by atoms with Crippen LogP contribution in [-0.4, -0.2) is 35.3 Å². The second kappa shape index (κ2) is 7.43. The van der Waals surface area contributed by atoms with Gasteiger partial charge in [0, 0.05) is 32.2 Å². The first-order valence-electron chi connectivity index (χ1n) is 7.68. The van der Waals surface area contributed by atoms with Crippen LogP contribution in [0.2, 0.25) is 0 Å². The van der Waals surface area contributed by atoms with Crippen molar-refractivity contribution in [3.8, 4) is 0 Å². The number of nitrogens with one attached hydrogen (secondary N) is 2. The minimum atomic E-state index is 0.255. The van der Waals surface area contributed by atoms with Gasteiger partial charge in [-0.05, 0) is 31.6 Å². The Morgan fingerprint density at radius 1 is 1.30 bits per heavy atom. The van der Waals surface area contributed by atoms with Crippen LogP contribution in [0.15, 0.2) is 6.07 Å². The first kappa shape index (κ1) is 15.0. The molecule has 0 radical (unpaired) electrons. The largest absolute Gasteiger partial charge is 0.396 e. The molecule has 0 amide bonds. The monoisotopic (exact) mass is 278 g/mol. The third-order valence-electron chi connectivity index (χ3n) is 3.75. The Kier molecular flexibility index (Phi) is 5.59. The topological polar surface area (TPSA) is 70.1 Å². The molecule has 1 unspecified atom stereocenters. The van der Waals surface area contributed by atoms with Gasteiger partial charge in [-0.1, -0.05) is 13.3 Å². The van der Waals surface area contributed by atoms with Gasteiger partial charge in [0.05, 0.1) is 0 Å². The van der Waals surface area contributed by atoms with Gasteiger partial charge in [0.1, 0.15) is 17.5 Å². The summed E-state index contributed by atoms with van der Waals surface area (Å²) in [4.78, 5) is 9.12. The van der Waals surface area contributed by atoms with E-state index < -0.39 is 0 Å². The zero-order valence-electron chi connectivity index (χ0n) is 12.5. The predicted molar refractivity (Wildman–Crippen MR) is 82.1 cm³/mol. The minimum absolute atomic E-state index is 0.255. The van der Waals surface area contributed by atoms with Crippen LogP contribution in [0, 0.1) is 5.92 Å². The molecule has 0 bridgehead atoms. The van der Waals surface area contributed by atoms with Gasteiger partial charge in [-0.3, -0.25) is 0 Å². The Hall–Kier alpha value is -1.36. The van der Waals surface area contributed by atoms with E-state index in [1.165, 1.54) is 12.8 Å². The van der Waals surface area contributed by atoms with Crippen molar-refractivity contribution in [2.75, 3.05) is 30.8 Å². The highest BCUT2D eigenvalue weighted by Crippen LogP contribution is 2.38. The molecule has 1 atom stereocenters. The lowest BCUT2D eigenvalue weighted by Gasteiger charge is -2.16. The van der Waals surface area contributed by atoms with Gasteiger partial charge < -0.3 is 15.7 Å². The molecule has 1 saturated carbocycles. The van der Waals surface area contributed by atoms with Gasteiger partial charge in [0.25, 0.3) is 0 Å². The second-order valence-electron chi connectivity index (χ2n) is 5.57. The first-order valence-corrected chi connectivity index (χ1v) is 7.68. The summed E-state index contributed by atoms with van der Waals surface area (Å²) in [7, 11) is 1.88. The molecule has 1 aliphatic rings. The molecule has 1 aromatic heterocycles.